The van der Waals surface area contributed by atoms with Crippen LogP contribution in [-0.4, -0.2) is 27.5 Å². The van der Waals surface area contributed by atoms with E-state index in [9.17, 15) is 0 Å². The zero-order chi connectivity index (χ0) is 14.4. The molecule has 0 radical (unpaired) electrons. The normalized spacial score (nSPS) is 30.2. The van der Waals surface area contributed by atoms with Crippen molar-refractivity contribution in [1.82, 2.24) is 0 Å². The topological polar surface area (TPSA) is 36.9 Å². The summed E-state index contributed by atoms with van der Waals surface area (Å²) in [6, 6.07) is 0. The molecule has 1 heterocycles. The maximum atomic E-state index is 6.28. The van der Waals surface area contributed by atoms with Gasteiger partial charge in [-0.1, -0.05) is 41.5 Å². The fourth-order valence-corrected chi connectivity index (χ4v) is 2.85. The van der Waals surface area contributed by atoms with Crippen LogP contribution in [-0.2, 0) is 18.9 Å². The van der Waals surface area contributed by atoms with Crippen LogP contribution < -0.4 is 0 Å². The SMILES string of the molecule is COC1(O[Si](C)(C)C(C)(C)C)OOC1C(C)(C)C. The molecule has 4 nitrogen and oxygen atoms in total. The summed E-state index contributed by atoms with van der Waals surface area (Å²) in [5, 5.41) is 0.0971. The molecule has 1 aliphatic heterocycles. The number of hydrogen-bond acceptors (Lipinski definition) is 4. The molecule has 0 aromatic carbocycles. The Bertz CT molecular complexity index is 299. The van der Waals surface area contributed by atoms with Gasteiger partial charge in [-0.05, 0) is 23.5 Å². The Kier molecular flexibility index (Phi) is 4.08. The van der Waals surface area contributed by atoms with Crippen LogP contribution in [0.5, 0.6) is 0 Å². The number of ether oxygens (including phenoxy) is 1. The number of methoxy groups -OCH3 is 1. The molecule has 108 valence electrons. The van der Waals surface area contributed by atoms with E-state index in [4.69, 9.17) is 18.9 Å². The third-order valence-electron chi connectivity index (χ3n) is 3.86. The first-order chi connectivity index (χ1) is 7.86. The van der Waals surface area contributed by atoms with Gasteiger partial charge in [-0.15, -0.1) is 0 Å². The van der Waals surface area contributed by atoms with Gasteiger partial charge in [0.2, 0.25) is 0 Å². The summed E-state index contributed by atoms with van der Waals surface area (Å²) < 4.78 is 11.8. The van der Waals surface area contributed by atoms with Crippen molar-refractivity contribution in [2.45, 2.75) is 71.8 Å². The van der Waals surface area contributed by atoms with E-state index in [1.165, 1.54) is 0 Å². The molecule has 18 heavy (non-hydrogen) atoms. The van der Waals surface area contributed by atoms with E-state index >= 15 is 0 Å². The van der Waals surface area contributed by atoms with Crippen molar-refractivity contribution < 1.29 is 18.9 Å². The molecular weight excluding hydrogens is 248 g/mol. The lowest BCUT2D eigenvalue weighted by Gasteiger charge is -2.53. The zero-order valence-electron chi connectivity index (χ0n) is 13.2. The summed E-state index contributed by atoms with van der Waals surface area (Å²) in [6.07, 6.45) is -0.218. The molecule has 0 saturated carbocycles. The Labute approximate surface area is 112 Å². The van der Waals surface area contributed by atoms with Crippen molar-refractivity contribution in [2.24, 2.45) is 5.41 Å². The van der Waals surface area contributed by atoms with E-state index < -0.39 is 14.3 Å². The van der Waals surface area contributed by atoms with E-state index in [0.717, 1.165) is 0 Å². The van der Waals surface area contributed by atoms with Crippen LogP contribution >= 0.6 is 0 Å². The molecule has 0 aromatic rings. The van der Waals surface area contributed by atoms with Crippen LogP contribution in [0, 0.1) is 5.41 Å². The first-order valence-corrected chi connectivity index (χ1v) is 9.36. The highest BCUT2D eigenvalue weighted by molar-refractivity contribution is 6.74. The number of rotatable bonds is 3. The first-order valence-electron chi connectivity index (χ1n) is 6.45. The van der Waals surface area contributed by atoms with Crippen LogP contribution in [0.1, 0.15) is 41.5 Å². The van der Waals surface area contributed by atoms with Crippen molar-refractivity contribution in [3.8, 4) is 0 Å². The Morgan fingerprint density at radius 3 is 1.78 bits per heavy atom. The summed E-state index contributed by atoms with van der Waals surface area (Å²) in [5.41, 5.74) is -0.101. The highest BCUT2D eigenvalue weighted by Crippen LogP contribution is 2.48. The zero-order valence-corrected chi connectivity index (χ0v) is 14.2. The highest BCUT2D eigenvalue weighted by atomic mass is 28.4. The third-order valence-corrected chi connectivity index (χ3v) is 8.26. The van der Waals surface area contributed by atoms with Gasteiger partial charge >= 0.3 is 5.97 Å². The smallest absolute Gasteiger partial charge is 0.333 e. The van der Waals surface area contributed by atoms with E-state index in [-0.39, 0.29) is 16.6 Å². The van der Waals surface area contributed by atoms with Crippen molar-refractivity contribution >= 4 is 8.32 Å². The van der Waals surface area contributed by atoms with Gasteiger partial charge in [0.15, 0.2) is 14.4 Å². The minimum absolute atomic E-state index is 0.0971. The average molecular weight is 276 g/mol. The maximum Gasteiger partial charge on any atom is 0.333 e. The lowest BCUT2D eigenvalue weighted by molar-refractivity contribution is -0.633. The molecule has 0 N–H and O–H groups in total. The Morgan fingerprint density at radius 2 is 1.56 bits per heavy atom. The van der Waals surface area contributed by atoms with Crippen LogP contribution in [0.2, 0.25) is 18.1 Å². The monoisotopic (exact) mass is 276 g/mol. The molecule has 1 fully saturated rings. The van der Waals surface area contributed by atoms with Gasteiger partial charge in [0, 0.05) is 7.11 Å². The predicted octanol–water partition coefficient (Wildman–Crippen LogP) is 3.68. The van der Waals surface area contributed by atoms with Crippen LogP contribution in [0.3, 0.4) is 0 Å². The molecule has 0 spiro atoms. The Hall–Kier alpha value is 0.0569. The van der Waals surface area contributed by atoms with Crippen molar-refractivity contribution in [1.29, 1.82) is 0 Å². The fourth-order valence-electron chi connectivity index (χ4n) is 1.61. The molecule has 0 aliphatic carbocycles. The van der Waals surface area contributed by atoms with E-state index in [0.29, 0.717) is 0 Å². The molecule has 1 aliphatic rings. The summed E-state index contributed by atoms with van der Waals surface area (Å²) in [4.78, 5) is 10.5. The maximum absolute atomic E-state index is 6.28. The highest BCUT2D eigenvalue weighted by Gasteiger charge is 2.62. The fraction of sp³-hybridized carbons (Fsp3) is 1.00. The van der Waals surface area contributed by atoms with Crippen molar-refractivity contribution in [2.75, 3.05) is 7.11 Å². The van der Waals surface area contributed by atoms with Crippen molar-refractivity contribution in [3.05, 3.63) is 0 Å². The standard InChI is InChI=1S/C13H28O4Si/c1-11(2,3)10-13(14-7,16-15-10)17-18(8,9)12(4,5)6/h10H,1-9H3. The summed E-state index contributed by atoms with van der Waals surface area (Å²) in [7, 11) is -0.376. The quantitative estimate of drug-likeness (QED) is 0.447. The predicted molar refractivity (Wildman–Crippen MR) is 73.4 cm³/mol. The first kappa shape index (κ1) is 16.1. The Morgan fingerprint density at radius 1 is 1.06 bits per heavy atom. The molecule has 0 aromatic heterocycles. The minimum atomic E-state index is -1.98. The molecule has 2 unspecified atom stereocenters. The van der Waals surface area contributed by atoms with E-state index in [1.54, 1.807) is 7.11 Å². The second-order valence-electron chi connectivity index (χ2n) is 7.60. The lowest BCUT2D eigenvalue weighted by atomic mass is 9.87. The van der Waals surface area contributed by atoms with Gasteiger partial charge in [0.25, 0.3) is 0 Å². The van der Waals surface area contributed by atoms with E-state index in [1.807, 2.05) is 0 Å². The van der Waals surface area contributed by atoms with Crippen LogP contribution in [0.4, 0.5) is 0 Å². The molecule has 5 heteroatoms. The molecule has 0 amide bonds. The second-order valence-corrected chi connectivity index (χ2v) is 12.3. The number of hydrogen-bond donors (Lipinski definition) is 0. The average Bonchev–Trinajstić information content (AvgIpc) is 2.07. The third kappa shape index (κ3) is 2.80. The lowest BCUT2D eigenvalue weighted by Crippen LogP contribution is -2.68. The molecule has 1 saturated heterocycles. The molecule has 1 rings (SSSR count). The summed E-state index contributed by atoms with van der Waals surface area (Å²) in [6.45, 7) is 17.2. The molecule has 0 bridgehead atoms. The summed E-state index contributed by atoms with van der Waals surface area (Å²) in [5.74, 6) is -1.05. The van der Waals surface area contributed by atoms with Crippen LogP contribution in [0.15, 0.2) is 0 Å². The summed E-state index contributed by atoms with van der Waals surface area (Å²) >= 11 is 0. The van der Waals surface area contributed by atoms with Gasteiger partial charge in [0.1, 0.15) is 0 Å². The second kappa shape index (κ2) is 4.56. The molecular formula is C13H28O4Si. The van der Waals surface area contributed by atoms with Crippen molar-refractivity contribution in [3.63, 3.8) is 0 Å². The van der Waals surface area contributed by atoms with Gasteiger partial charge < -0.3 is 9.16 Å². The van der Waals surface area contributed by atoms with Gasteiger partial charge in [0.05, 0.1) is 0 Å². The van der Waals surface area contributed by atoms with E-state index in [2.05, 4.69) is 54.6 Å². The van der Waals surface area contributed by atoms with Crippen LogP contribution in [0.25, 0.3) is 0 Å². The Balaban J connectivity index is 2.93. The van der Waals surface area contributed by atoms with Gasteiger partial charge in [-0.25, -0.2) is 4.89 Å². The largest absolute Gasteiger partial charge is 0.365 e. The van der Waals surface area contributed by atoms with Gasteiger partial charge in [-0.3, -0.25) is 0 Å². The van der Waals surface area contributed by atoms with Gasteiger partial charge in [-0.2, -0.15) is 4.89 Å². The minimum Gasteiger partial charge on any atom is -0.365 e. The molecule has 2 atom stereocenters.